The number of rotatable bonds is 21. The zero-order chi connectivity index (χ0) is 21.9. The molecule has 0 aliphatic rings. The molecule has 0 spiro atoms. The Morgan fingerprint density at radius 1 is 0.897 bits per heavy atom. The fourth-order valence-electron chi connectivity index (χ4n) is 1.97. The van der Waals surface area contributed by atoms with E-state index in [-0.39, 0.29) is 32.3 Å². The van der Waals surface area contributed by atoms with Gasteiger partial charge in [-0.2, -0.15) is 11.8 Å². The molecular weight excluding hydrogens is 404 g/mol. The summed E-state index contributed by atoms with van der Waals surface area (Å²) in [6, 6.07) is 0. The van der Waals surface area contributed by atoms with Gasteiger partial charge in [0.1, 0.15) is 18.3 Å². The van der Waals surface area contributed by atoms with E-state index >= 15 is 0 Å². The number of hydrogen-bond donors (Lipinski definition) is 4. The smallest absolute Gasteiger partial charge is 0.304 e. The topological polar surface area (TPSA) is 135 Å². The largest absolute Gasteiger partial charge is 0.481 e. The van der Waals surface area contributed by atoms with Gasteiger partial charge >= 0.3 is 5.97 Å². The van der Waals surface area contributed by atoms with Crippen molar-refractivity contribution in [1.82, 2.24) is 0 Å². The summed E-state index contributed by atoms with van der Waals surface area (Å²) >= 11 is 1.52. The van der Waals surface area contributed by atoms with Crippen molar-refractivity contribution in [3.8, 4) is 0 Å². The van der Waals surface area contributed by atoms with Gasteiger partial charge in [-0.15, -0.1) is 0 Å². The summed E-state index contributed by atoms with van der Waals surface area (Å²) < 4.78 is 22.4. The van der Waals surface area contributed by atoms with Crippen molar-refractivity contribution in [3.05, 3.63) is 0 Å². The zero-order valence-corrected chi connectivity index (χ0v) is 18.3. The number of hydrogen-bond acceptors (Lipinski definition) is 9. The van der Waals surface area contributed by atoms with Gasteiger partial charge in [0.25, 0.3) is 0 Å². The van der Waals surface area contributed by atoms with Gasteiger partial charge in [-0.25, -0.2) is 0 Å². The van der Waals surface area contributed by atoms with E-state index in [9.17, 15) is 15.0 Å². The molecule has 0 aromatic heterocycles. The molecule has 9 nitrogen and oxygen atoms in total. The summed E-state index contributed by atoms with van der Waals surface area (Å²) in [5, 5.41) is 36.1. The van der Waals surface area contributed by atoms with Gasteiger partial charge in [0.15, 0.2) is 0 Å². The standard InChI is InChI=1S/C19H38O9S/c1-15(2)3-5-25-12-18(13-26-6-8-29-7-4-19(23)24)28-14-17(10-21)27-11-16(22)9-20/h15-18,20-22H,3-14H2,1-2H3,(H,23,24). The van der Waals surface area contributed by atoms with E-state index in [1.54, 1.807) is 0 Å². The van der Waals surface area contributed by atoms with Gasteiger partial charge in [-0.05, 0) is 12.3 Å². The minimum absolute atomic E-state index is 0.0926. The molecule has 0 saturated heterocycles. The molecule has 10 heteroatoms. The third-order valence-electron chi connectivity index (χ3n) is 3.74. The molecule has 0 aromatic rings. The lowest BCUT2D eigenvalue weighted by Crippen LogP contribution is -2.34. The highest BCUT2D eigenvalue weighted by atomic mass is 32.2. The van der Waals surface area contributed by atoms with E-state index in [1.807, 2.05) is 0 Å². The molecule has 0 fully saturated rings. The van der Waals surface area contributed by atoms with Crippen LogP contribution < -0.4 is 0 Å². The number of aliphatic hydroxyl groups is 3. The molecular formula is C19H38O9S. The molecule has 0 aliphatic heterocycles. The number of thioether (sulfide) groups is 1. The molecule has 0 amide bonds. The molecule has 0 heterocycles. The molecule has 29 heavy (non-hydrogen) atoms. The summed E-state index contributed by atoms with van der Waals surface area (Å²) in [7, 11) is 0. The van der Waals surface area contributed by atoms with Gasteiger partial charge in [0, 0.05) is 18.1 Å². The second kappa shape index (κ2) is 19.5. The van der Waals surface area contributed by atoms with Gasteiger partial charge in [0.05, 0.1) is 52.7 Å². The summed E-state index contributed by atoms with van der Waals surface area (Å²) in [6.07, 6.45) is -0.892. The molecule has 0 rings (SSSR count). The summed E-state index contributed by atoms with van der Waals surface area (Å²) in [4.78, 5) is 10.5. The normalized spacial score (nSPS) is 14.8. The third kappa shape index (κ3) is 19.3. The van der Waals surface area contributed by atoms with E-state index < -0.39 is 24.8 Å². The monoisotopic (exact) mass is 442 g/mol. The maximum atomic E-state index is 10.5. The lowest BCUT2D eigenvalue weighted by atomic mass is 10.1. The van der Waals surface area contributed by atoms with Crippen LogP contribution in [0.1, 0.15) is 26.7 Å². The quantitative estimate of drug-likeness (QED) is 0.185. The fraction of sp³-hybridized carbons (Fsp3) is 0.947. The van der Waals surface area contributed by atoms with Crippen molar-refractivity contribution in [2.24, 2.45) is 5.92 Å². The molecule has 0 bridgehead atoms. The summed E-state index contributed by atoms with van der Waals surface area (Å²) in [5.41, 5.74) is 0. The van der Waals surface area contributed by atoms with Crippen molar-refractivity contribution in [3.63, 3.8) is 0 Å². The number of aliphatic carboxylic acids is 1. The first-order valence-electron chi connectivity index (χ1n) is 9.97. The Morgan fingerprint density at radius 2 is 1.55 bits per heavy atom. The summed E-state index contributed by atoms with van der Waals surface area (Å²) in [6.45, 7) is 5.29. The number of ether oxygens (including phenoxy) is 4. The highest BCUT2D eigenvalue weighted by Crippen LogP contribution is 2.06. The second-order valence-electron chi connectivity index (χ2n) is 7.02. The van der Waals surface area contributed by atoms with Crippen molar-refractivity contribution >= 4 is 17.7 Å². The molecule has 0 aliphatic carbocycles. The first kappa shape index (κ1) is 28.5. The first-order chi connectivity index (χ1) is 13.9. The van der Waals surface area contributed by atoms with Crippen LogP contribution in [-0.4, -0.2) is 109 Å². The van der Waals surface area contributed by atoms with Gasteiger partial charge in [0.2, 0.25) is 0 Å². The van der Waals surface area contributed by atoms with Crippen LogP contribution in [0.2, 0.25) is 0 Å². The SMILES string of the molecule is CC(C)CCOCC(COCCSCCC(=O)O)OCC(CO)OCC(O)CO. The van der Waals surface area contributed by atoms with E-state index in [0.29, 0.717) is 43.9 Å². The Kier molecular flexibility index (Phi) is 19.2. The zero-order valence-electron chi connectivity index (χ0n) is 17.5. The van der Waals surface area contributed by atoms with Crippen LogP contribution in [-0.2, 0) is 23.7 Å². The van der Waals surface area contributed by atoms with Gasteiger partial charge < -0.3 is 39.4 Å². The van der Waals surface area contributed by atoms with E-state index in [0.717, 1.165) is 6.42 Å². The molecule has 0 saturated carbocycles. The predicted octanol–water partition coefficient (Wildman–Crippen LogP) is 0.390. The van der Waals surface area contributed by atoms with Crippen LogP contribution in [0.5, 0.6) is 0 Å². The van der Waals surface area contributed by atoms with Gasteiger partial charge in [-0.1, -0.05) is 13.8 Å². The average molecular weight is 443 g/mol. The van der Waals surface area contributed by atoms with Crippen LogP contribution in [0.4, 0.5) is 0 Å². The van der Waals surface area contributed by atoms with Crippen LogP contribution in [0, 0.1) is 5.92 Å². The summed E-state index contributed by atoms with van der Waals surface area (Å²) in [5.74, 6) is 0.970. The third-order valence-corrected chi connectivity index (χ3v) is 4.68. The second-order valence-corrected chi connectivity index (χ2v) is 8.24. The Hall–Kier alpha value is -0.460. The average Bonchev–Trinajstić information content (AvgIpc) is 2.68. The van der Waals surface area contributed by atoms with Crippen LogP contribution in [0.3, 0.4) is 0 Å². The van der Waals surface area contributed by atoms with Crippen molar-refractivity contribution < 1.29 is 44.2 Å². The highest BCUT2D eigenvalue weighted by Gasteiger charge is 2.16. The van der Waals surface area contributed by atoms with Crippen LogP contribution in [0.25, 0.3) is 0 Å². The first-order valence-corrected chi connectivity index (χ1v) is 11.1. The lowest BCUT2D eigenvalue weighted by molar-refractivity contribution is -0.136. The predicted molar refractivity (Wildman–Crippen MR) is 110 cm³/mol. The molecule has 4 N–H and O–H groups in total. The molecule has 3 atom stereocenters. The fourth-order valence-corrected chi connectivity index (χ4v) is 2.73. The molecule has 174 valence electrons. The van der Waals surface area contributed by atoms with Crippen molar-refractivity contribution in [1.29, 1.82) is 0 Å². The maximum Gasteiger partial charge on any atom is 0.304 e. The van der Waals surface area contributed by atoms with Crippen LogP contribution >= 0.6 is 11.8 Å². The Balaban J connectivity index is 4.20. The van der Waals surface area contributed by atoms with Gasteiger partial charge in [-0.3, -0.25) is 4.79 Å². The number of aliphatic hydroxyl groups excluding tert-OH is 3. The highest BCUT2D eigenvalue weighted by molar-refractivity contribution is 7.99. The minimum atomic E-state index is -0.999. The van der Waals surface area contributed by atoms with Crippen LogP contribution in [0.15, 0.2) is 0 Å². The maximum absolute atomic E-state index is 10.5. The van der Waals surface area contributed by atoms with Crippen molar-refractivity contribution in [2.75, 3.05) is 64.4 Å². The molecule has 0 aromatic carbocycles. The van der Waals surface area contributed by atoms with E-state index in [4.69, 9.17) is 29.2 Å². The Morgan fingerprint density at radius 3 is 2.14 bits per heavy atom. The Bertz CT molecular complexity index is 385. The number of carboxylic acids is 1. The van der Waals surface area contributed by atoms with E-state index in [1.165, 1.54) is 11.8 Å². The van der Waals surface area contributed by atoms with Crippen molar-refractivity contribution in [2.45, 2.75) is 45.0 Å². The number of carboxylic acid groups (broad SMARTS) is 1. The molecule has 0 radical (unpaired) electrons. The van der Waals surface area contributed by atoms with E-state index in [2.05, 4.69) is 13.8 Å². The lowest BCUT2D eigenvalue weighted by Gasteiger charge is -2.22. The Labute approximate surface area is 177 Å². The minimum Gasteiger partial charge on any atom is -0.481 e. The molecule has 3 unspecified atom stereocenters. The number of carbonyl (C=O) groups is 1.